The highest BCUT2D eigenvalue weighted by Crippen LogP contribution is 2.35. The van der Waals surface area contributed by atoms with Crippen LogP contribution in [0.2, 0.25) is 5.02 Å². The molecule has 1 fully saturated rings. The van der Waals surface area contributed by atoms with Gasteiger partial charge in [0.15, 0.2) is 15.0 Å². The highest BCUT2D eigenvalue weighted by Gasteiger charge is 2.47. The number of hydrogen-bond donors (Lipinski definition) is 1. The van der Waals surface area contributed by atoms with E-state index in [0.717, 1.165) is 22.5 Å². The monoisotopic (exact) mass is 463 g/mol. The van der Waals surface area contributed by atoms with E-state index in [0.29, 0.717) is 10.2 Å². The number of amidine groups is 1. The van der Waals surface area contributed by atoms with Crippen molar-refractivity contribution >= 4 is 55.6 Å². The molecule has 1 amide bonds. The van der Waals surface area contributed by atoms with Crippen molar-refractivity contribution in [3.63, 3.8) is 0 Å². The van der Waals surface area contributed by atoms with Crippen molar-refractivity contribution in [2.45, 2.75) is 25.9 Å². The Morgan fingerprint density at radius 2 is 1.93 bits per heavy atom. The Hall–Kier alpha value is -2.03. The molecule has 2 aliphatic rings. The zero-order valence-electron chi connectivity index (χ0n) is 16.6. The van der Waals surface area contributed by atoms with Crippen molar-refractivity contribution in [3.05, 3.63) is 58.6 Å². The second kappa shape index (κ2) is 8.24. The third-order valence-electron chi connectivity index (χ3n) is 5.42. The molecule has 0 aliphatic carbocycles. The lowest BCUT2D eigenvalue weighted by Gasteiger charge is -2.26. The summed E-state index contributed by atoms with van der Waals surface area (Å²) in [4.78, 5) is 19.1. The fourth-order valence-electron chi connectivity index (χ4n) is 3.74. The van der Waals surface area contributed by atoms with E-state index in [9.17, 15) is 13.2 Å². The minimum atomic E-state index is -3.12. The van der Waals surface area contributed by atoms with Crippen LogP contribution in [0.4, 0.5) is 11.4 Å². The van der Waals surface area contributed by atoms with Gasteiger partial charge in [-0.15, -0.1) is 0 Å². The van der Waals surface area contributed by atoms with E-state index in [1.807, 2.05) is 49.1 Å². The molecule has 2 aliphatic heterocycles. The third-order valence-corrected chi connectivity index (χ3v) is 8.34. The summed E-state index contributed by atoms with van der Waals surface area (Å²) >= 11 is 7.33. The van der Waals surface area contributed by atoms with Gasteiger partial charge in [0, 0.05) is 16.4 Å². The van der Waals surface area contributed by atoms with E-state index in [1.54, 1.807) is 12.1 Å². The molecule has 0 spiro atoms. The molecule has 1 N–H and O–H groups in total. The Morgan fingerprint density at radius 3 is 2.67 bits per heavy atom. The molecule has 6 nitrogen and oxygen atoms in total. The molecule has 2 aromatic carbocycles. The van der Waals surface area contributed by atoms with Gasteiger partial charge in [0.05, 0.1) is 29.3 Å². The first-order valence-corrected chi connectivity index (χ1v) is 12.7. The van der Waals surface area contributed by atoms with Crippen LogP contribution in [0, 0.1) is 13.8 Å². The van der Waals surface area contributed by atoms with E-state index in [2.05, 4.69) is 10.3 Å². The quantitative estimate of drug-likeness (QED) is 0.748. The van der Waals surface area contributed by atoms with E-state index >= 15 is 0 Å². The Morgan fingerprint density at radius 1 is 1.20 bits per heavy atom. The SMILES string of the molecule is Cc1cccc(NC(=O)CSC2=NC3CS(=O)(=O)CC3N2c2ccc(Cl)cc2)c1C. The number of aryl methyl sites for hydroxylation is 1. The number of fused-ring (bicyclic) bond motifs is 1. The van der Waals surface area contributed by atoms with Gasteiger partial charge in [-0.1, -0.05) is 35.5 Å². The lowest BCUT2D eigenvalue weighted by atomic mass is 10.1. The molecule has 2 unspecified atom stereocenters. The van der Waals surface area contributed by atoms with Crippen molar-refractivity contribution in [3.8, 4) is 0 Å². The first-order chi connectivity index (χ1) is 14.2. The molecule has 2 heterocycles. The number of sulfone groups is 1. The number of anilines is 2. The Kier molecular flexibility index (Phi) is 5.83. The number of benzene rings is 2. The van der Waals surface area contributed by atoms with Gasteiger partial charge in [-0.05, 0) is 55.3 Å². The first kappa shape index (κ1) is 21.2. The molecule has 4 rings (SSSR count). The van der Waals surface area contributed by atoms with Crippen LogP contribution in [-0.2, 0) is 14.6 Å². The highest BCUT2D eigenvalue weighted by atomic mass is 35.5. The van der Waals surface area contributed by atoms with E-state index in [4.69, 9.17) is 11.6 Å². The fraction of sp³-hybridized carbons (Fsp3) is 0.333. The zero-order valence-corrected chi connectivity index (χ0v) is 19.0. The van der Waals surface area contributed by atoms with Crippen LogP contribution in [-0.4, -0.2) is 48.8 Å². The van der Waals surface area contributed by atoms with Crippen molar-refractivity contribution in [2.75, 3.05) is 27.5 Å². The maximum absolute atomic E-state index is 12.6. The predicted octanol–water partition coefficient (Wildman–Crippen LogP) is 3.67. The molecule has 2 aromatic rings. The Bertz CT molecular complexity index is 1120. The number of nitrogens with one attached hydrogen (secondary N) is 1. The minimum absolute atomic E-state index is 0.0422. The van der Waals surface area contributed by atoms with Gasteiger partial charge in [0.25, 0.3) is 0 Å². The van der Waals surface area contributed by atoms with E-state index in [1.165, 1.54) is 11.8 Å². The van der Waals surface area contributed by atoms with Gasteiger partial charge in [-0.25, -0.2) is 8.42 Å². The topological polar surface area (TPSA) is 78.8 Å². The van der Waals surface area contributed by atoms with Gasteiger partial charge in [0.1, 0.15) is 0 Å². The van der Waals surface area contributed by atoms with Crippen molar-refractivity contribution < 1.29 is 13.2 Å². The lowest BCUT2D eigenvalue weighted by molar-refractivity contribution is -0.113. The maximum atomic E-state index is 12.6. The van der Waals surface area contributed by atoms with Gasteiger partial charge < -0.3 is 10.2 Å². The molecule has 30 heavy (non-hydrogen) atoms. The average Bonchev–Trinajstić information content (AvgIpc) is 3.16. The summed E-state index contributed by atoms with van der Waals surface area (Å²) < 4.78 is 24.2. The molecular weight excluding hydrogens is 442 g/mol. The molecule has 9 heteroatoms. The van der Waals surface area contributed by atoms with Gasteiger partial charge in [-0.2, -0.15) is 0 Å². The van der Waals surface area contributed by atoms with Crippen LogP contribution in [0.1, 0.15) is 11.1 Å². The molecule has 2 atom stereocenters. The summed E-state index contributed by atoms with van der Waals surface area (Å²) in [5.74, 6) is 0.156. The molecular formula is C21H22ClN3O3S2. The largest absolute Gasteiger partial charge is 0.325 e. The molecule has 0 aromatic heterocycles. The van der Waals surface area contributed by atoms with Crippen molar-refractivity contribution in [1.82, 2.24) is 0 Å². The maximum Gasteiger partial charge on any atom is 0.234 e. The lowest BCUT2D eigenvalue weighted by Crippen LogP contribution is -2.39. The molecule has 0 radical (unpaired) electrons. The van der Waals surface area contributed by atoms with Gasteiger partial charge in [0.2, 0.25) is 5.91 Å². The Labute approximate surface area is 185 Å². The number of aliphatic imine (C=N–C) groups is 1. The zero-order chi connectivity index (χ0) is 21.5. The summed E-state index contributed by atoms with van der Waals surface area (Å²) in [7, 11) is -3.12. The summed E-state index contributed by atoms with van der Waals surface area (Å²) in [6.45, 7) is 3.98. The van der Waals surface area contributed by atoms with Crippen molar-refractivity contribution in [2.24, 2.45) is 4.99 Å². The minimum Gasteiger partial charge on any atom is -0.325 e. The summed E-state index contributed by atoms with van der Waals surface area (Å²) in [5.41, 5.74) is 3.77. The number of carbonyl (C=O) groups excluding carboxylic acids is 1. The second-order valence-corrected chi connectivity index (χ2v) is 11.1. The standard InChI is InChI=1S/C21H22ClN3O3S2/c1-13-4-3-5-17(14(13)2)23-20(26)10-29-21-24-18-11-30(27,28)12-19(18)25(21)16-8-6-15(22)7-9-16/h3-9,18-19H,10-12H2,1-2H3,(H,23,26). The summed E-state index contributed by atoms with van der Waals surface area (Å²) in [5, 5.41) is 4.22. The molecule has 1 saturated heterocycles. The normalized spacial score (nSPS) is 22.0. The van der Waals surface area contributed by atoms with Crippen LogP contribution in [0.15, 0.2) is 47.5 Å². The number of nitrogens with zero attached hydrogens (tertiary/aromatic N) is 2. The summed E-state index contributed by atoms with van der Waals surface area (Å²) in [6, 6.07) is 12.5. The number of carbonyl (C=O) groups is 1. The van der Waals surface area contributed by atoms with E-state index < -0.39 is 9.84 Å². The van der Waals surface area contributed by atoms with Gasteiger partial charge in [-0.3, -0.25) is 9.79 Å². The van der Waals surface area contributed by atoms with Gasteiger partial charge >= 0.3 is 0 Å². The fourth-order valence-corrected chi connectivity index (χ4v) is 6.63. The van der Waals surface area contributed by atoms with Crippen LogP contribution in [0.3, 0.4) is 0 Å². The smallest absolute Gasteiger partial charge is 0.234 e. The van der Waals surface area contributed by atoms with Crippen LogP contribution < -0.4 is 10.2 Å². The van der Waals surface area contributed by atoms with Crippen molar-refractivity contribution in [1.29, 1.82) is 0 Å². The number of hydrogen-bond acceptors (Lipinski definition) is 6. The van der Waals surface area contributed by atoms with Crippen LogP contribution in [0.5, 0.6) is 0 Å². The number of rotatable bonds is 4. The Balaban J connectivity index is 1.51. The number of amides is 1. The average molecular weight is 464 g/mol. The number of thioether (sulfide) groups is 1. The third kappa shape index (κ3) is 4.36. The molecule has 0 bridgehead atoms. The van der Waals surface area contributed by atoms with E-state index in [-0.39, 0.29) is 35.2 Å². The van der Waals surface area contributed by atoms with Crippen LogP contribution >= 0.6 is 23.4 Å². The number of halogens is 1. The second-order valence-electron chi connectivity index (χ2n) is 7.55. The van der Waals surface area contributed by atoms with Crippen LogP contribution in [0.25, 0.3) is 0 Å². The molecule has 158 valence electrons. The first-order valence-electron chi connectivity index (χ1n) is 9.55. The predicted molar refractivity (Wildman–Crippen MR) is 125 cm³/mol. The molecule has 0 saturated carbocycles. The summed E-state index contributed by atoms with van der Waals surface area (Å²) in [6.07, 6.45) is 0. The highest BCUT2D eigenvalue weighted by molar-refractivity contribution is 8.14.